The lowest BCUT2D eigenvalue weighted by atomic mass is 10.1. The van der Waals surface area contributed by atoms with Gasteiger partial charge in [-0.05, 0) is 30.5 Å². The van der Waals surface area contributed by atoms with Crippen LogP contribution in [-0.2, 0) is 4.79 Å². The number of carboxylic acids is 1. The molecule has 0 bridgehead atoms. The van der Waals surface area contributed by atoms with Crippen LogP contribution in [0, 0.1) is 0 Å². The van der Waals surface area contributed by atoms with Crippen LogP contribution >= 0.6 is 11.8 Å². The Labute approximate surface area is 111 Å². The lowest BCUT2D eigenvalue weighted by Crippen LogP contribution is -2.01. The van der Waals surface area contributed by atoms with Crippen LogP contribution in [0.5, 0.6) is 11.5 Å². The Balaban J connectivity index is 2.89. The van der Waals surface area contributed by atoms with Gasteiger partial charge in [0.2, 0.25) is 0 Å². The van der Waals surface area contributed by atoms with Gasteiger partial charge in [0.15, 0.2) is 0 Å². The SMILES string of the molecule is COc1ccc(OCCSC)c(/C=C/C(=O)O)c1. The van der Waals surface area contributed by atoms with Crippen molar-refractivity contribution in [3.05, 3.63) is 29.8 Å². The monoisotopic (exact) mass is 268 g/mol. The van der Waals surface area contributed by atoms with Gasteiger partial charge < -0.3 is 14.6 Å². The van der Waals surface area contributed by atoms with Crippen molar-refractivity contribution in [2.75, 3.05) is 25.7 Å². The molecular formula is C13H16O4S. The summed E-state index contributed by atoms with van der Waals surface area (Å²) in [5.41, 5.74) is 0.692. The molecule has 98 valence electrons. The molecule has 0 aliphatic rings. The standard InChI is InChI=1S/C13H16O4S/c1-16-11-4-5-12(17-7-8-18-2)10(9-11)3-6-13(14)15/h3-6,9H,7-8H2,1-2H3,(H,14,15)/b6-3+. The van der Waals surface area contributed by atoms with Crippen LogP contribution < -0.4 is 9.47 Å². The van der Waals surface area contributed by atoms with E-state index in [2.05, 4.69) is 0 Å². The Kier molecular flexibility index (Phi) is 6.14. The Morgan fingerprint density at radius 1 is 1.50 bits per heavy atom. The predicted molar refractivity (Wildman–Crippen MR) is 73.5 cm³/mol. The third-order valence-corrected chi connectivity index (χ3v) is 2.74. The van der Waals surface area contributed by atoms with Gasteiger partial charge in [0.05, 0.1) is 13.7 Å². The molecule has 4 nitrogen and oxygen atoms in total. The van der Waals surface area contributed by atoms with E-state index in [1.807, 2.05) is 6.26 Å². The van der Waals surface area contributed by atoms with E-state index in [4.69, 9.17) is 14.6 Å². The summed E-state index contributed by atoms with van der Waals surface area (Å²) in [7, 11) is 1.56. The highest BCUT2D eigenvalue weighted by atomic mass is 32.2. The number of carboxylic acid groups (broad SMARTS) is 1. The molecule has 0 spiro atoms. The molecule has 1 rings (SSSR count). The number of aliphatic carboxylic acids is 1. The Morgan fingerprint density at radius 2 is 2.28 bits per heavy atom. The minimum atomic E-state index is -0.993. The average molecular weight is 268 g/mol. The second-order valence-corrected chi connectivity index (χ2v) is 4.40. The third-order valence-electron chi connectivity index (χ3n) is 2.17. The molecule has 1 aromatic carbocycles. The molecule has 0 aliphatic carbocycles. The molecule has 5 heteroatoms. The number of hydrogen-bond acceptors (Lipinski definition) is 4. The largest absolute Gasteiger partial charge is 0.497 e. The molecule has 1 N–H and O–H groups in total. The van der Waals surface area contributed by atoms with Gasteiger partial charge in [0.1, 0.15) is 11.5 Å². The van der Waals surface area contributed by atoms with E-state index in [1.54, 1.807) is 37.1 Å². The minimum absolute atomic E-state index is 0.585. The van der Waals surface area contributed by atoms with E-state index < -0.39 is 5.97 Å². The highest BCUT2D eigenvalue weighted by molar-refractivity contribution is 7.98. The number of thioether (sulfide) groups is 1. The summed E-state index contributed by atoms with van der Waals surface area (Å²) >= 11 is 1.69. The van der Waals surface area contributed by atoms with Crippen LogP contribution in [0.1, 0.15) is 5.56 Å². The first kappa shape index (κ1) is 14.4. The summed E-state index contributed by atoms with van der Waals surface area (Å²) in [5.74, 6) is 1.21. The molecule has 0 saturated carbocycles. The number of benzene rings is 1. The van der Waals surface area contributed by atoms with Crippen LogP contribution in [0.4, 0.5) is 0 Å². The molecule has 0 amide bonds. The quantitative estimate of drug-likeness (QED) is 0.608. The number of hydrogen-bond donors (Lipinski definition) is 1. The van der Waals surface area contributed by atoms with E-state index in [0.29, 0.717) is 23.7 Å². The molecule has 0 unspecified atom stereocenters. The Hall–Kier alpha value is -1.62. The first-order valence-electron chi connectivity index (χ1n) is 5.38. The van der Waals surface area contributed by atoms with E-state index in [0.717, 1.165) is 11.8 Å². The zero-order valence-corrected chi connectivity index (χ0v) is 11.2. The molecule has 1 aromatic rings. The zero-order valence-electron chi connectivity index (χ0n) is 10.4. The molecule has 0 heterocycles. The third kappa shape index (κ3) is 4.71. The van der Waals surface area contributed by atoms with Crippen molar-refractivity contribution in [3.63, 3.8) is 0 Å². The van der Waals surface area contributed by atoms with Crippen LogP contribution in [-0.4, -0.2) is 36.8 Å². The topological polar surface area (TPSA) is 55.8 Å². The van der Waals surface area contributed by atoms with Crippen molar-refractivity contribution in [2.45, 2.75) is 0 Å². The summed E-state index contributed by atoms with van der Waals surface area (Å²) in [6.45, 7) is 0.585. The van der Waals surface area contributed by atoms with Gasteiger partial charge in [0, 0.05) is 17.4 Å². The Bertz CT molecular complexity index is 429. The molecule has 0 fully saturated rings. The highest BCUT2D eigenvalue weighted by Gasteiger charge is 2.04. The van der Waals surface area contributed by atoms with Gasteiger partial charge in [-0.1, -0.05) is 0 Å². The summed E-state index contributed by atoms with van der Waals surface area (Å²) < 4.78 is 10.7. The fourth-order valence-corrected chi connectivity index (χ4v) is 1.56. The summed E-state index contributed by atoms with van der Waals surface area (Å²) in [4.78, 5) is 10.5. The maximum atomic E-state index is 10.5. The van der Waals surface area contributed by atoms with Crippen LogP contribution in [0.2, 0.25) is 0 Å². The van der Waals surface area contributed by atoms with Crippen LogP contribution in [0.25, 0.3) is 6.08 Å². The van der Waals surface area contributed by atoms with Gasteiger partial charge in [-0.25, -0.2) is 4.79 Å². The molecule has 18 heavy (non-hydrogen) atoms. The molecule has 0 saturated heterocycles. The second-order valence-electron chi connectivity index (χ2n) is 3.42. The Morgan fingerprint density at radius 3 is 2.89 bits per heavy atom. The maximum absolute atomic E-state index is 10.5. The number of methoxy groups -OCH3 is 1. The normalized spacial score (nSPS) is 10.6. The summed E-state index contributed by atoms with van der Waals surface area (Å²) in [6, 6.07) is 5.31. The smallest absolute Gasteiger partial charge is 0.328 e. The first-order chi connectivity index (χ1) is 8.67. The average Bonchev–Trinajstić information content (AvgIpc) is 2.37. The van der Waals surface area contributed by atoms with E-state index in [-0.39, 0.29) is 0 Å². The molecule has 0 atom stereocenters. The maximum Gasteiger partial charge on any atom is 0.328 e. The first-order valence-corrected chi connectivity index (χ1v) is 6.77. The van der Waals surface area contributed by atoms with E-state index >= 15 is 0 Å². The molecule has 0 aromatic heterocycles. The van der Waals surface area contributed by atoms with E-state index in [9.17, 15) is 4.79 Å². The second kappa shape index (κ2) is 7.66. The molecule has 0 aliphatic heterocycles. The highest BCUT2D eigenvalue weighted by Crippen LogP contribution is 2.25. The number of rotatable bonds is 7. The lowest BCUT2D eigenvalue weighted by Gasteiger charge is -2.10. The van der Waals surface area contributed by atoms with Crippen molar-refractivity contribution < 1.29 is 19.4 Å². The van der Waals surface area contributed by atoms with Crippen molar-refractivity contribution in [1.29, 1.82) is 0 Å². The van der Waals surface area contributed by atoms with Crippen LogP contribution in [0.15, 0.2) is 24.3 Å². The fourth-order valence-electron chi connectivity index (χ4n) is 1.31. The van der Waals surface area contributed by atoms with E-state index in [1.165, 1.54) is 6.08 Å². The van der Waals surface area contributed by atoms with Crippen molar-refractivity contribution in [2.24, 2.45) is 0 Å². The molecule has 0 radical (unpaired) electrons. The number of carbonyl (C=O) groups is 1. The zero-order chi connectivity index (χ0) is 13.4. The van der Waals surface area contributed by atoms with Gasteiger partial charge in [-0.2, -0.15) is 11.8 Å². The van der Waals surface area contributed by atoms with Gasteiger partial charge in [0.25, 0.3) is 0 Å². The molecular weight excluding hydrogens is 252 g/mol. The van der Waals surface area contributed by atoms with Gasteiger partial charge in [-0.15, -0.1) is 0 Å². The number of ether oxygens (including phenoxy) is 2. The predicted octanol–water partition coefficient (Wildman–Crippen LogP) is 2.53. The van der Waals surface area contributed by atoms with Crippen molar-refractivity contribution in [3.8, 4) is 11.5 Å². The fraction of sp³-hybridized carbons (Fsp3) is 0.308. The van der Waals surface area contributed by atoms with Gasteiger partial charge >= 0.3 is 5.97 Å². The van der Waals surface area contributed by atoms with Crippen LogP contribution in [0.3, 0.4) is 0 Å². The van der Waals surface area contributed by atoms with Crippen molar-refractivity contribution in [1.82, 2.24) is 0 Å². The minimum Gasteiger partial charge on any atom is -0.497 e. The lowest BCUT2D eigenvalue weighted by molar-refractivity contribution is -0.131. The summed E-state index contributed by atoms with van der Waals surface area (Å²) in [6.07, 6.45) is 4.58. The van der Waals surface area contributed by atoms with Gasteiger partial charge in [-0.3, -0.25) is 0 Å². The summed E-state index contributed by atoms with van der Waals surface area (Å²) in [5, 5.41) is 8.64. The van der Waals surface area contributed by atoms with Crippen molar-refractivity contribution >= 4 is 23.8 Å².